The highest BCUT2D eigenvalue weighted by Crippen LogP contribution is 2.21. The summed E-state index contributed by atoms with van der Waals surface area (Å²) in [6.07, 6.45) is 0. The smallest absolute Gasteiger partial charge is 0.217 e. The largest absolute Gasteiger partial charge is 0.446 e. The lowest BCUT2D eigenvalue weighted by Crippen LogP contribution is -1.92. The highest BCUT2D eigenvalue weighted by molar-refractivity contribution is 9.10. The van der Waals surface area contributed by atoms with Gasteiger partial charge >= 0.3 is 0 Å². The van der Waals surface area contributed by atoms with Crippen molar-refractivity contribution in [2.75, 3.05) is 0 Å². The number of aromatic nitrogens is 4. The third-order valence-electron chi connectivity index (χ3n) is 1.41. The summed E-state index contributed by atoms with van der Waals surface area (Å²) in [4.78, 5) is 0. The first-order valence-electron chi connectivity index (χ1n) is 3.25. The van der Waals surface area contributed by atoms with E-state index in [9.17, 15) is 0 Å². The Hall–Kier alpha value is -1.17. The van der Waals surface area contributed by atoms with Gasteiger partial charge < -0.3 is 4.42 Å². The molecule has 0 aromatic carbocycles. The predicted molar refractivity (Wildman–Crippen MR) is 44.2 cm³/mol. The molecule has 0 aliphatic carbocycles. The molecule has 0 unspecified atom stereocenters. The standard InChI is InChI=1S/C6H5BrN4O/c1-11-6(8-9-10-11)4-2-3-5(7)12-4/h2-3H,1H3. The summed E-state index contributed by atoms with van der Waals surface area (Å²) in [5.41, 5.74) is 0. The van der Waals surface area contributed by atoms with Gasteiger partial charge in [-0.25, -0.2) is 4.68 Å². The van der Waals surface area contributed by atoms with Crippen LogP contribution in [0, 0.1) is 0 Å². The molecule has 0 amide bonds. The zero-order valence-corrected chi connectivity index (χ0v) is 7.82. The van der Waals surface area contributed by atoms with Crippen LogP contribution in [-0.2, 0) is 7.05 Å². The van der Waals surface area contributed by atoms with Gasteiger partial charge in [-0.3, -0.25) is 0 Å². The number of tetrazole rings is 1. The topological polar surface area (TPSA) is 56.7 Å². The molecule has 0 saturated carbocycles. The molecule has 2 heterocycles. The van der Waals surface area contributed by atoms with E-state index in [-0.39, 0.29) is 0 Å². The van der Waals surface area contributed by atoms with Crippen molar-refractivity contribution in [1.29, 1.82) is 0 Å². The van der Waals surface area contributed by atoms with Crippen LogP contribution in [0.4, 0.5) is 0 Å². The van der Waals surface area contributed by atoms with Crippen molar-refractivity contribution in [1.82, 2.24) is 20.2 Å². The van der Waals surface area contributed by atoms with Gasteiger partial charge in [0.1, 0.15) is 0 Å². The fourth-order valence-corrected chi connectivity index (χ4v) is 1.18. The molecule has 2 rings (SSSR count). The molecule has 12 heavy (non-hydrogen) atoms. The lowest BCUT2D eigenvalue weighted by atomic mass is 10.4. The molecule has 0 aliphatic heterocycles. The van der Waals surface area contributed by atoms with Gasteiger partial charge in [-0.15, -0.1) is 5.10 Å². The molecule has 6 heteroatoms. The van der Waals surface area contributed by atoms with Gasteiger partial charge in [0.05, 0.1) is 0 Å². The molecule has 0 N–H and O–H groups in total. The fraction of sp³-hybridized carbons (Fsp3) is 0.167. The van der Waals surface area contributed by atoms with Gasteiger partial charge in [-0.1, -0.05) is 0 Å². The van der Waals surface area contributed by atoms with Crippen LogP contribution >= 0.6 is 15.9 Å². The van der Waals surface area contributed by atoms with Crippen molar-refractivity contribution in [3.63, 3.8) is 0 Å². The number of hydrogen-bond donors (Lipinski definition) is 0. The molecule has 5 nitrogen and oxygen atoms in total. The molecule has 0 bridgehead atoms. The van der Waals surface area contributed by atoms with E-state index < -0.39 is 0 Å². The zero-order chi connectivity index (χ0) is 8.55. The van der Waals surface area contributed by atoms with E-state index in [1.54, 1.807) is 23.9 Å². The summed E-state index contributed by atoms with van der Waals surface area (Å²) in [6.45, 7) is 0. The maximum atomic E-state index is 5.26. The average molecular weight is 229 g/mol. The van der Waals surface area contributed by atoms with E-state index in [1.807, 2.05) is 0 Å². The van der Waals surface area contributed by atoms with Crippen LogP contribution in [0.2, 0.25) is 0 Å². The third-order valence-corrected chi connectivity index (χ3v) is 1.84. The summed E-state index contributed by atoms with van der Waals surface area (Å²) < 4.78 is 7.48. The minimum Gasteiger partial charge on any atom is -0.446 e. The second-order valence-corrected chi connectivity index (χ2v) is 3.01. The molecular weight excluding hydrogens is 224 g/mol. The Morgan fingerprint density at radius 3 is 2.83 bits per heavy atom. The Labute approximate surface area is 76.5 Å². The molecule has 2 aromatic heterocycles. The number of furan rings is 1. The Balaban J connectivity index is 2.50. The summed E-state index contributed by atoms with van der Waals surface area (Å²) in [7, 11) is 1.76. The second kappa shape index (κ2) is 2.71. The number of aryl methyl sites for hydroxylation is 1. The van der Waals surface area contributed by atoms with Crippen LogP contribution < -0.4 is 0 Å². The highest BCUT2D eigenvalue weighted by atomic mass is 79.9. The molecule has 0 spiro atoms. The first kappa shape index (κ1) is 7.48. The van der Waals surface area contributed by atoms with Crippen LogP contribution in [0.5, 0.6) is 0 Å². The van der Waals surface area contributed by atoms with E-state index in [1.165, 1.54) is 0 Å². The summed E-state index contributed by atoms with van der Waals surface area (Å²) >= 11 is 3.20. The average Bonchev–Trinajstić information content (AvgIpc) is 2.58. The van der Waals surface area contributed by atoms with Gasteiger partial charge in [0.15, 0.2) is 10.4 Å². The maximum absolute atomic E-state index is 5.26. The van der Waals surface area contributed by atoms with Crippen molar-refractivity contribution in [2.45, 2.75) is 0 Å². The Morgan fingerprint density at radius 1 is 1.50 bits per heavy atom. The van der Waals surface area contributed by atoms with Crippen LogP contribution in [0.15, 0.2) is 21.2 Å². The van der Waals surface area contributed by atoms with Crippen molar-refractivity contribution in [3.05, 3.63) is 16.8 Å². The number of rotatable bonds is 1. The second-order valence-electron chi connectivity index (χ2n) is 2.23. The van der Waals surface area contributed by atoms with Gasteiger partial charge in [0, 0.05) is 7.05 Å². The molecule has 62 valence electrons. The van der Waals surface area contributed by atoms with Crippen molar-refractivity contribution < 1.29 is 4.42 Å². The Bertz CT molecular complexity index is 394. The van der Waals surface area contributed by atoms with Crippen molar-refractivity contribution in [2.24, 2.45) is 7.05 Å². The van der Waals surface area contributed by atoms with Crippen LogP contribution in [0.1, 0.15) is 0 Å². The predicted octanol–water partition coefficient (Wildman–Crippen LogP) is 1.23. The summed E-state index contributed by atoms with van der Waals surface area (Å²) in [5.74, 6) is 1.26. The Kier molecular flexibility index (Phi) is 1.69. The normalized spacial score (nSPS) is 10.5. The SMILES string of the molecule is Cn1nnnc1-c1ccc(Br)o1. The molecular formula is C6H5BrN4O. The first-order chi connectivity index (χ1) is 5.77. The number of nitrogens with zero attached hydrogens (tertiary/aromatic N) is 4. The molecule has 0 radical (unpaired) electrons. The fourth-order valence-electron chi connectivity index (χ4n) is 0.873. The van der Waals surface area contributed by atoms with Crippen LogP contribution in [0.25, 0.3) is 11.6 Å². The molecule has 2 aromatic rings. The maximum Gasteiger partial charge on any atom is 0.217 e. The van der Waals surface area contributed by atoms with Crippen molar-refractivity contribution >= 4 is 15.9 Å². The van der Waals surface area contributed by atoms with Crippen LogP contribution in [0.3, 0.4) is 0 Å². The third kappa shape index (κ3) is 1.14. The van der Waals surface area contributed by atoms with Gasteiger partial charge in [-0.2, -0.15) is 0 Å². The van der Waals surface area contributed by atoms with E-state index in [4.69, 9.17) is 4.42 Å². The minimum atomic E-state index is 0.612. The van der Waals surface area contributed by atoms with Crippen LogP contribution in [-0.4, -0.2) is 20.2 Å². The monoisotopic (exact) mass is 228 g/mol. The minimum absolute atomic E-state index is 0.612. The van der Waals surface area contributed by atoms with Gasteiger partial charge in [0.2, 0.25) is 5.82 Å². The molecule has 0 aliphatic rings. The van der Waals surface area contributed by atoms with E-state index in [0.717, 1.165) is 0 Å². The van der Waals surface area contributed by atoms with E-state index >= 15 is 0 Å². The van der Waals surface area contributed by atoms with Gasteiger partial charge in [0.25, 0.3) is 0 Å². The highest BCUT2D eigenvalue weighted by Gasteiger charge is 2.09. The molecule has 0 saturated heterocycles. The molecule has 0 atom stereocenters. The number of halogens is 1. The molecule has 0 fully saturated rings. The zero-order valence-electron chi connectivity index (χ0n) is 6.23. The van der Waals surface area contributed by atoms with Crippen molar-refractivity contribution in [3.8, 4) is 11.6 Å². The van der Waals surface area contributed by atoms with E-state index in [2.05, 4.69) is 31.5 Å². The number of hydrogen-bond acceptors (Lipinski definition) is 4. The van der Waals surface area contributed by atoms with E-state index in [0.29, 0.717) is 16.3 Å². The quantitative estimate of drug-likeness (QED) is 0.737. The first-order valence-corrected chi connectivity index (χ1v) is 4.05. The lowest BCUT2D eigenvalue weighted by molar-refractivity contribution is 0.546. The van der Waals surface area contributed by atoms with Gasteiger partial charge in [-0.05, 0) is 38.5 Å². The summed E-state index contributed by atoms with van der Waals surface area (Å²) in [6, 6.07) is 3.60. The Morgan fingerprint density at radius 2 is 2.33 bits per heavy atom. The summed E-state index contributed by atoms with van der Waals surface area (Å²) in [5, 5.41) is 11.0. The lowest BCUT2D eigenvalue weighted by Gasteiger charge is -1.90.